The Kier molecular flexibility index (Phi) is 7.69. The summed E-state index contributed by atoms with van der Waals surface area (Å²) in [5, 5.41) is 12.8. The molecular formula is C29H35NO3. The smallest absolute Gasteiger partial charge is 0.126 e. The summed E-state index contributed by atoms with van der Waals surface area (Å²) in [5.41, 5.74) is 1.45. The van der Waals surface area contributed by atoms with E-state index in [0.717, 1.165) is 42.1 Å². The van der Waals surface area contributed by atoms with E-state index in [1.807, 2.05) is 61.5 Å². The fourth-order valence-electron chi connectivity index (χ4n) is 5.04. The highest BCUT2D eigenvalue weighted by Crippen LogP contribution is 2.46. The van der Waals surface area contributed by atoms with Crippen molar-refractivity contribution in [2.45, 2.75) is 37.7 Å². The summed E-state index contributed by atoms with van der Waals surface area (Å²) in [6.45, 7) is 5.48. The number of methoxy groups -OCH3 is 1. The van der Waals surface area contributed by atoms with Crippen LogP contribution in [0.5, 0.6) is 11.5 Å². The Labute approximate surface area is 197 Å². The SMILES string of the molecule is CCOc1ccc([C@](O)(c2ccccc2OC)[C@H](CN2CCCCC2)c2ccccc2)cc1. The quantitative estimate of drug-likeness (QED) is 0.466. The lowest BCUT2D eigenvalue weighted by atomic mass is 9.72. The Balaban J connectivity index is 1.87. The zero-order chi connectivity index (χ0) is 23.1. The van der Waals surface area contributed by atoms with Gasteiger partial charge >= 0.3 is 0 Å². The van der Waals surface area contributed by atoms with Crippen molar-refractivity contribution in [2.75, 3.05) is 33.4 Å². The first kappa shape index (κ1) is 23.3. The van der Waals surface area contributed by atoms with Crippen LogP contribution in [0.2, 0.25) is 0 Å². The van der Waals surface area contributed by atoms with Gasteiger partial charge in [0.2, 0.25) is 0 Å². The largest absolute Gasteiger partial charge is 0.496 e. The molecule has 0 saturated carbocycles. The van der Waals surface area contributed by atoms with E-state index in [-0.39, 0.29) is 5.92 Å². The van der Waals surface area contributed by atoms with Crippen LogP contribution >= 0.6 is 0 Å². The number of piperidine rings is 1. The number of benzene rings is 3. The summed E-state index contributed by atoms with van der Waals surface area (Å²) in [6.07, 6.45) is 3.69. The number of hydrogen-bond acceptors (Lipinski definition) is 4. The fraction of sp³-hybridized carbons (Fsp3) is 0.379. The summed E-state index contributed by atoms with van der Waals surface area (Å²) in [7, 11) is 1.67. The number of ether oxygens (including phenoxy) is 2. The molecule has 0 aromatic heterocycles. The van der Waals surface area contributed by atoms with Gasteiger partial charge in [-0.2, -0.15) is 0 Å². The summed E-state index contributed by atoms with van der Waals surface area (Å²) in [4.78, 5) is 2.50. The van der Waals surface area contributed by atoms with E-state index in [0.29, 0.717) is 12.4 Å². The highest BCUT2D eigenvalue weighted by atomic mass is 16.5. The minimum atomic E-state index is -1.28. The zero-order valence-electron chi connectivity index (χ0n) is 19.7. The predicted molar refractivity (Wildman–Crippen MR) is 133 cm³/mol. The summed E-state index contributed by atoms with van der Waals surface area (Å²) in [5.74, 6) is 1.32. The van der Waals surface area contributed by atoms with E-state index in [4.69, 9.17) is 9.47 Å². The molecule has 1 saturated heterocycles. The van der Waals surface area contributed by atoms with Crippen LogP contribution in [0, 0.1) is 0 Å². The third kappa shape index (κ3) is 5.07. The van der Waals surface area contributed by atoms with Crippen LogP contribution in [0.4, 0.5) is 0 Å². The molecule has 3 aromatic carbocycles. The second-order valence-corrected chi connectivity index (χ2v) is 8.75. The predicted octanol–water partition coefficient (Wildman–Crippen LogP) is 5.60. The van der Waals surface area contributed by atoms with Crippen LogP contribution in [0.15, 0.2) is 78.9 Å². The second kappa shape index (κ2) is 10.9. The van der Waals surface area contributed by atoms with Crippen LogP contribution in [-0.4, -0.2) is 43.4 Å². The zero-order valence-corrected chi connectivity index (χ0v) is 19.7. The molecule has 4 nitrogen and oxygen atoms in total. The lowest BCUT2D eigenvalue weighted by Gasteiger charge is -2.41. The van der Waals surface area contributed by atoms with Crippen LogP contribution in [0.1, 0.15) is 48.8 Å². The van der Waals surface area contributed by atoms with E-state index >= 15 is 0 Å². The molecule has 174 valence electrons. The van der Waals surface area contributed by atoms with Crippen molar-refractivity contribution in [3.8, 4) is 11.5 Å². The molecule has 33 heavy (non-hydrogen) atoms. The van der Waals surface area contributed by atoms with Gasteiger partial charge in [0, 0.05) is 18.0 Å². The molecule has 0 radical (unpaired) electrons. The van der Waals surface area contributed by atoms with Gasteiger partial charge in [0.1, 0.15) is 17.1 Å². The van der Waals surface area contributed by atoms with Crippen molar-refractivity contribution in [1.82, 2.24) is 4.90 Å². The number of nitrogens with zero attached hydrogens (tertiary/aromatic N) is 1. The second-order valence-electron chi connectivity index (χ2n) is 8.75. The van der Waals surface area contributed by atoms with Crippen molar-refractivity contribution < 1.29 is 14.6 Å². The summed E-state index contributed by atoms with van der Waals surface area (Å²) in [6, 6.07) is 26.1. The molecule has 1 N–H and O–H groups in total. The van der Waals surface area contributed by atoms with Crippen molar-refractivity contribution in [2.24, 2.45) is 0 Å². The van der Waals surface area contributed by atoms with E-state index < -0.39 is 5.60 Å². The molecule has 1 fully saturated rings. The van der Waals surface area contributed by atoms with E-state index in [1.165, 1.54) is 19.3 Å². The maximum absolute atomic E-state index is 12.8. The van der Waals surface area contributed by atoms with Crippen molar-refractivity contribution in [3.63, 3.8) is 0 Å². The van der Waals surface area contributed by atoms with Gasteiger partial charge < -0.3 is 19.5 Å². The van der Waals surface area contributed by atoms with Gasteiger partial charge in [0.05, 0.1) is 13.7 Å². The third-order valence-corrected chi connectivity index (χ3v) is 6.72. The number of hydrogen-bond donors (Lipinski definition) is 1. The average molecular weight is 446 g/mol. The molecule has 1 aliphatic rings. The van der Waals surface area contributed by atoms with Gasteiger partial charge in [0.15, 0.2) is 0 Å². The lowest BCUT2D eigenvalue weighted by molar-refractivity contribution is 0.0290. The number of rotatable bonds is 9. The average Bonchev–Trinajstić information content (AvgIpc) is 2.88. The topological polar surface area (TPSA) is 41.9 Å². The molecule has 0 aliphatic carbocycles. The van der Waals surface area contributed by atoms with Gasteiger partial charge in [-0.25, -0.2) is 0 Å². The first-order valence-electron chi connectivity index (χ1n) is 12.0. The van der Waals surface area contributed by atoms with Gasteiger partial charge in [-0.05, 0) is 62.2 Å². The number of likely N-dealkylation sites (tertiary alicyclic amines) is 1. The Morgan fingerprint density at radius 2 is 1.55 bits per heavy atom. The van der Waals surface area contributed by atoms with Crippen LogP contribution in [0.25, 0.3) is 0 Å². The highest BCUT2D eigenvalue weighted by Gasteiger charge is 2.44. The molecule has 0 unspecified atom stereocenters. The third-order valence-electron chi connectivity index (χ3n) is 6.72. The van der Waals surface area contributed by atoms with Crippen LogP contribution < -0.4 is 9.47 Å². The summed E-state index contributed by atoms with van der Waals surface area (Å²) >= 11 is 0. The highest BCUT2D eigenvalue weighted by molar-refractivity contribution is 5.49. The Bertz CT molecular complexity index is 999. The van der Waals surface area contributed by atoms with Crippen molar-refractivity contribution in [1.29, 1.82) is 0 Å². The van der Waals surface area contributed by atoms with Gasteiger partial charge in [-0.15, -0.1) is 0 Å². The molecule has 4 rings (SSSR count). The van der Waals surface area contributed by atoms with Crippen molar-refractivity contribution >= 4 is 0 Å². The lowest BCUT2D eigenvalue weighted by Crippen LogP contribution is -2.43. The first-order valence-corrected chi connectivity index (χ1v) is 12.0. The monoisotopic (exact) mass is 445 g/mol. The van der Waals surface area contributed by atoms with Crippen LogP contribution in [0.3, 0.4) is 0 Å². The molecule has 0 spiro atoms. The number of para-hydroxylation sites is 1. The Morgan fingerprint density at radius 1 is 0.879 bits per heavy atom. The van der Waals surface area contributed by atoms with Gasteiger partial charge in [-0.1, -0.05) is 67.1 Å². The fourth-order valence-corrected chi connectivity index (χ4v) is 5.04. The Morgan fingerprint density at radius 3 is 2.21 bits per heavy atom. The summed E-state index contributed by atoms with van der Waals surface area (Å²) < 4.78 is 11.4. The normalized spacial score (nSPS) is 17.2. The molecule has 1 aliphatic heterocycles. The molecular weight excluding hydrogens is 410 g/mol. The maximum atomic E-state index is 12.8. The minimum Gasteiger partial charge on any atom is -0.496 e. The molecule has 2 atom stereocenters. The molecule has 4 heteroatoms. The van der Waals surface area contributed by atoms with E-state index in [2.05, 4.69) is 29.2 Å². The van der Waals surface area contributed by atoms with Gasteiger partial charge in [-0.3, -0.25) is 0 Å². The van der Waals surface area contributed by atoms with Gasteiger partial charge in [0.25, 0.3) is 0 Å². The van der Waals surface area contributed by atoms with Crippen molar-refractivity contribution in [3.05, 3.63) is 95.6 Å². The Hall–Kier alpha value is -2.82. The molecule has 0 amide bonds. The maximum Gasteiger partial charge on any atom is 0.126 e. The minimum absolute atomic E-state index is 0.175. The van der Waals surface area contributed by atoms with E-state index in [9.17, 15) is 5.11 Å². The number of aliphatic hydroxyl groups is 1. The molecule has 0 bridgehead atoms. The molecule has 3 aromatic rings. The van der Waals surface area contributed by atoms with E-state index in [1.54, 1.807) is 7.11 Å². The van der Waals surface area contributed by atoms with Crippen LogP contribution in [-0.2, 0) is 5.60 Å². The first-order chi connectivity index (χ1) is 16.2. The molecule has 1 heterocycles. The standard InChI is InChI=1S/C29H35NO3/c1-3-33-25-18-16-24(17-19-25)29(31,26-14-8-9-15-28(26)32-2)27(23-12-6-4-7-13-23)22-30-20-10-5-11-21-30/h4,6-9,12-19,27,31H,3,5,10-11,20-22H2,1-2H3/t27-,29+/m1/s1.